The quantitative estimate of drug-likeness (QED) is 0.400. The maximum Gasteiger partial charge on any atom is 0.248 e. The molecule has 3 aromatic rings. The zero-order valence-electron chi connectivity index (χ0n) is 19.7. The minimum Gasteiger partial charge on any atom is -0.491 e. The van der Waals surface area contributed by atoms with E-state index in [-0.39, 0.29) is 16.6 Å². The van der Waals surface area contributed by atoms with Gasteiger partial charge in [0.1, 0.15) is 17.9 Å². The molecule has 8 nitrogen and oxygen atoms in total. The molecule has 2 aliphatic rings. The summed E-state index contributed by atoms with van der Waals surface area (Å²) >= 11 is 5.93. The van der Waals surface area contributed by atoms with Gasteiger partial charge in [-0.3, -0.25) is 9.69 Å². The van der Waals surface area contributed by atoms with Crippen molar-refractivity contribution in [3.63, 3.8) is 0 Å². The standard InChI is InChI=1S/C26H27ClFN5O3/c27-19-3-1-4-20(25(19)28)32-26-18-13-22(31-24(34)5-2-8-33-9-11-35-12-10-33)23(36-15-17-6-7-17)14-21(18)29-16-30-26/h1-5,13-14,16-17H,6-12,15H2,(H,31,34)(H,29,30,32). The van der Waals surface area contributed by atoms with Gasteiger partial charge in [0.25, 0.3) is 0 Å². The van der Waals surface area contributed by atoms with Crippen LogP contribution in [-0.2, 0) is 9.53 Å². The SMILES string of the molecule is O=C(C=CCN1CCOCC1)Nc1cc2c(Nc3cccc(Cl)c3F)ncnc2cc1OCC1CC1. The minimum absolute atomic E-state index is 0.00550. The minimum atomic E-state index is -0.575. The van der Waals surface area contributed by atoms with Crippen LogP contribution in [0.3, 0.4) is 0 Å². The topological polar surface area (TPSA) is 88.6 Å². The van der Waals surface area contributed by atoms with Crippen molar-refractivity contribution in [3.05, 3.63) is 59.7 Å². The van der Waals surface area contributed by atoms with Crippen LogP contribution in [-0.4, -0.2) is 60.2 Å². The van der Waals surface area contributed by atoms with E-state index in [1.807, 2.05) is 6.08 Å². The summed E-state index contributed by atoms with van der Waals surface area (Å²) in [4.78, 5) is 23.6. The molecule has 1 saturated carbocycles. The average Bonchev–Trinajstić information content (AvgIpc) is 3.71. The number of rotatable bonds is 9. The van der Waals surface area contributed by atoms with Crippen molar-refractivity contribution in [2.75, 3.05) is 50.1 Å². The molecule has 1 amide bonds. The highest BCUT2D eigenvalue weighted by atomic mass is 35.5. The number of carbonyl (C=O) groups excluding carboxylic acids is 1. The van der Waals surface area contributed by atoms with Crippen LogP contribution < -0.4 is 15.4 Å². The summed E-state index contributed by atoms with van der Waals surface area (Å²) < 4.78 is 25.9. The number of anilines is 3. The van der Waals surface area contributed by atoms with Crippen molar-refractivity contribution in [3.8, 4) is 5.75 Å². The van der Waals surface area contributed by atoms with Crippen molar-refractivity contribution in [2.45, 2.75) is 12.8 Å². The molecule has 2 fully saturated rings. The summed E-state index contributed by atoms with van der Waals surface area (Å²) in [6.45, 7) is 4.35. The van der Waals surface area contributed by atoms with Crippen molar-refractivity contribution in [1.82, 2.24) is 14.9 Å². The fourth-order valence-electron chi connectivity index (χ4n) is 3.89. The van der Waals surface area contributed by atoms with E-state index in [4.69, 9.17) is 21.1 Å². The first-order chi connectivity index (χ1) is 17.6. The molecular formula is C26H27ClFN5O3. The Morgan fingerprint density at radius 1 is 1.22 bits per heavy atom. The third kappa shape index (κ3) is 6.10. The normalized spacial score (nSPS) is 16.4. The highest BCUT2D eigenvalue weighted by molar-refractivity contribution is 6.31. The van der Waals surface area contributed by atoms with Gasteiger partial charge < -0.3 is 20.1 Å². The summed E-state index contributed by atoms with van der Waals surface area (Å²) in [6, 6.07) is 8.21. The molecule has 1 saturated heterocycles. The van der Waals surface area contributed by atoms with E-state index in [0.717, 1.165) is 25.9 Å². The van der Waals surface area contributed by atoms with E-state index in [9.17, 15) is 9.18 Å². The molecule has 1 aliphatic carbocycles. The van der Waals surface area contributed by atoms with Gasteiger partial charge in [-0.25, -0.2) is 14.4 Å². The molecule has 188 valence electrons. The molecule has 0 unspecified atom stereocenters. The van der Waals surface area contributed by atoms with Gasteiger partial charge >= 0.3 is 0 Å². The van der Waals surface area contributed by atoms with E-state index in [1.165, 1.54) is 18.5 Å². The molecule has 36 heavy (non-hydrogen) atoms. The molecule has 1 aromatic heterocycles. The van der Waals surface area contributed by atoms with Gasteiger partial charge in [0.2, 0.25) is 5.91 Å². The first-order valence-electron chi connectivity index (χ1n) is 12.0. The fraction of sp³-hybridized carbons (Fsp3) is 0.346. The monoisotopic (exact) mass is 511 g/mol. The van der Waals surface area contributed by atoms with E-state index in [0.29, 0.717) is 60.4 Å². The number of morpholine rings is 1. The lowest BCUT2D eigenvalue weighted by Gasteiger charge is -2.25. The van der Waals surface area contributed by atoms with Gasteiger partial charge in [-0.05, 0) is 37.0 Å². The second kappa shape index (κ2) is 11.2. The Bertz CT molecular complexity index is 1280. The molecule has 5 rings (SSSR count). The Hall–Kier alpha value is -3.27. The maximum atomic E-state index is 14.5. The van der Waals surface area contributed by atoms with E-state index >= 15 is 0 Å². The van der Waals surface area contributed by atoms with Crippen LogP contribution in [0.4, 0.5) is 21.6 Å². The van der Waals surface area contributed by atoms with Gasteiger partial charge in [0.15, 0.2) is 5.82 Å². The zero-order chi connectivity index (χ0) is 24.9. The summed E-state index contributed by atoms with van der Waals surface area (Å²) in [6.07, 6.45) is 7.03. The van der Waals surface area contributed by atoms with Crippen LogP contribution >= 0.6 is 11.6 Å². The predicted octanol–water partition coefficient (Wildman–Crippen LogP) is 4.78. The third-order valence-electron chi connectivity index (χ3n) is 6.11. The number of halogens is 2. The van der Waals surface area contributed by atoms with Crippen molar-refractivity contribution < 1.29 is 18.7 Å². The molecule has 10 heteroatoms. The smallest absolute Gasteiger partial charge is 0.248 e. The maximum absolute atomic E-state index is 14.5. The molecule has 2 aromatic carbocycles. The second-order valence-electron chi connectivity index (χ2n) is 8.87. The zero-order valence-corrected chi connectivity index (χ0v) is 20.4. The first-order valence-corrected chi connectivity index (χ1v) is 12.3. The molecule has 0 bridgehead atoms. The molecule has 0 spiro atoms. The van der Waals surface area contributed by atoms with E-state index < -0.39 is 5.82 Å². The Balaban J connectivity index is 1.40. The fourth-order valence-corrected chi connectivity index (χ4v) is 4.06. The number of fused-ring (bicyclic) bond motifs is 1. The van der Waals surface area contributed by atoms with Gasteiger partial charge in [-0.1, -0.05) is 23.7 Å². The Kier molecular flexibility index (Phi) is 7.60. The predicted molar refractivity (Wildman–Crippen MR) is 137 cm³/mol. The lowest BCUT2D eigenvalue weighted by molar-refractivity contribution is -0.111. The molecule has 2 N–H and O–H groups in total. The molecular weight excluding hydrogens is 485 g/mol. The van der Waals surface area contributed by atoms with Gasteiger partial charge in [-0.15, -0.1) is 0 Å². The summed E-state index contributed by atoms with van der Waals surface area (Å²) in [7, 11) is 0. The number of nitrogens with one attached hydrogen (secondary N) is 2. The summed E-state index contributed by atoms with van der Waals surface area (Å²) in [5, 5.41) is 6.52. The van der Waals surface area contributed by atoms with E-state index in [1.54, 1.807) is 24.3 Å². The third-order valence-corrected chi connectivity index (χ3v) is 6.40. The lowest BCUT2D eigenvalue weighted by Crippen LogP contribution is -2.36. The number of nitrogens with zero attached hydrogens (tertiary/aromatic N) is 3. The molecule has 0 atom stereocenters. The van der Waals surface area contributed by atoms with Crippen LogP contribution in [0.1, 0.15) is 12.8 Å². The highest BCUT2D eigenvalue weighted by Gasteiger charge is 2.23. The molecule has 0 radical (unpaired) electrons. The van der Waals surface area contributed by atoms with Crippen LogP contribution in [0.15, 0.2) is 48.8 Å². The number of carbonyl (C=O) groups is 1. The second-order valence-corrected chi connectivity index (χ2v) is 9.28. The number of amides is 1. The van der Waals surface area contributed by atoms with Gasteiger partial charge in [-0.2, -0.15) is 0 Å². The van der Waals surface area contributed by atoms with E-state index in [2.05, 4.69) is 25.5 Å². The Labute approximate surface area is 213 Å². The van der Waals surface area contributed by atoms with Crippen molar-refractivity contribution in [2.24, 2.45) is 5.92 Å². The van der Waals surface area contributed by atoms with Crippen LogP contribution in [0, 0.1) is 11.7 Å². The molecule has 2 heterocycles. The summed E-state index contributed by atoms with van der Waals surface area (Å²) in [5.74, 6) is 0.600. The van der Waals surface area contributed by atoms with Crippen LogP contribution in [0.2, 0.25) is 5.02 Å². The van der Waals surface area contributed by atoms with Crippen LogP contribution in [0.25, 0.3) is 10.9 Å². The average molecular weight is 512 g/mol. The number of benzene rings is 2. The first kappa shape index (κ1) is 24.4. The van der Waals surface area contributed by atoms with Crippen molar-refractivity contribution in [1.29, 1.82) is 0 Å². The Morgan fingerprint density at radius 3 is 2.86 bits per heavy atom. The number of hydrogen-bond acceptors (Lipinski definition) is 7. The van der Waals surface area contributed by atoms with Gasteiger partial charge in [0, 0.05) is 37.2 Å². The lowest BCUT2D eigenvalue weighted by atomic mass is 10.1. The van der Waals surface area contributed by atoms with Crippen molar-refractivity contribution >= 4 is 45.6 Å². The van der Waals surface area contributed by atoms with Gasteiger partial charge in [0.05, 0.1) is 41.7 Å². The Morgan fingerprint density at radius 2 is 2.06 bits per heavy atom. The highest BCUT2D eigenvalue weighted by Crippen LogP contribution is 2.36. The number of aromatic nitrogens is 2. The summed E-state index contributed by atoms with van der Waals surface area (Å²) in [5.41, 5.74) is 1.28. The number of hydrogen-bond donors (Lipinski definition) is 2. The largest absolute Gasteiger partial charge is 0.491 e. The number of ether oxygens (including phenoxy) is 2. The van der Waals surface area contributed by atoms with Crippen LogP contribution in [0.5, 0.6) is 5.75 Å². The molecule has 1 aliphatic heterocycles.